The van der Waals surface area contributed by atoms with E-state index < -0.39 is 0 Å². The lowest BCUT2D eigenvalue weighted by atomic mass is 10.1. The zero-order chi connectivity index (χ0) is 7.40. The van der Waals surface area contributed by atoms with Gasteiger partial charge < -0.3 is 0 Å². The molecule has 0 spiro atoms. The molecule has 1 unspecified atom stereocenters. The van der Waals surface area contributed by atoms with Crippen LogP contribution in [-0.2, 0) is 0 Å². The molecule has 0 aliphatic heterocycles. The second kappa shape index (κ2) is 4.07. The lowest BCUT2D eigenvalue weighted by Gasteiger charge is -2.17. The van der Waals surface area contributed by atoms with Crippen molar-refractivity contribution in [1.82, 2.24) is 0 Å². The van der Waals surface area contributed by atoms with Crippen molar-refractivity contribution in [2.45, 2.75) is 43.6 Å². The lowest BCUT2D eigenvalue weighted by molar-refractivity contribution is 0.739. The summed E-state index contributed by atoms with van der Waals surface area (Å²) in [5.41, 5.74) is 0. The SMILES string of the molecule is CC(C)SC1C=CCCC1. The third kappa shape index (κ3) is 2.78. The number of hydrogen-bond acceptors (Lipinski definition) is 1. The molecule has 1 aliphatic carbocycles. The minimum absolute atomic E-state index is 0.785. The molecule has 0 saturated heterocycles. The Bertz CT molecular complexity index is 116. The van der Waals surface area contributed by atoms with E-state index in [0.29, 0.717) is 0 Å². The molecule has 0 saturated carbocycles. The van der Waals surface area contributed by atoms with E-state index in [4.69, 9.17) is 0 Å². The van der Waals surface area contributed by atoms with Gasteiger partial charge in [-0.3, -0.25) is 0 Å². The van der Waals surface area contributed by atoms with Gasteiger partial charge in [-0.15, -0.1) is 0 Å². The molecule has 1 atom stereocenters. The van der Waals surface area contributed by atoms with E-state index in [9.17, 15) is 0 Å². The number of hydrogen-bond donors (Lipinski definition) is 0. The second-order valence-electron chi connectivity index (χ2n) is 3.08. The first-order chi connectivity index (χ1) is 4.79. The van der Waals surface area contributed by atoms with E-state index in [1.807, 2.05) is 0 Å². The first-order valence-corrected chi connectivity index (χ1v) is 5.05. The smallest absolute Gasteiger partial charge is 0.0229 e. The van der Waals surface area contributed by atoms with Crippen molar-refractivity contribution >= 4 is 11.8 Å². The highest BCUT2D eigenvalue weighted by atomic mass is 32.2. The van der Waals surface area contributed by atoms with Crippen molar-refractivity contribution in [3.63, 3.8) is 0 Å². The Balaban J connectivity index is 2.26. The van der Waals surface area contributed by atoms with Crippen molar-refractivity contribution in [3.8, 4) is 0 Å². The van der Waals surface area contributed by atoms with Crippen LogP contribution < -0.4 is 0 Å². The quantitative estimate of drug-likeness (QED) is 0.553. The largest absolute Gasteiger partial charge is 0.152 e. The molecule has 58 valence electrons. The average molecular weight is 156 g/mol. The van der Waals surface area contributed by atoms with E-state index in [0.717, 1.165) is 10.5 Å². The summed E-state index contributed by atoms with van der Waals surface area (Å²) in [5, 5.41) is 1.60. The van der Waals surface area contributed by atoms with Gasteiger partial charge >= 0.3 is 0 Å². The first kappa shape index (κ1) is 8.19. The molecule has 10 heavy (non-hydrogen) atoms. The van der Waals surface area contributed by atoms with E-state index in [1.165, 1.54) is 19.3 Å². The predicted octanol–water partition coefficient (Wildman–Crippen LogP) is 3.24. The number of rotatable bonds is 2. The summed E-state index contributed by atoms with van der Waals surface area (Å²) in [6, 6.07) is 0. The van der Waals surface area contributed by atoms with Crippen molar-refractivity contribution < 1.29 is 0 Å². The molecule has 1 rings (SSSR count). The molecule has 0 N–H and O–H groups in total. The Morgan fingerprint density at radius 2 is 2.30 bits per heavy atom. The minimum atomic E-state index is 0.785. The van der Waals surface area contributed by atoms with Crippen LogP contribution in [0.5, 0.6) is 0 Å². The van der Waals surface area contributed by atoms with E-state index in [-0.39, 0.29) is 0 Å². The number of thioether (sulfide) groups is 1. The maximum absolute atomic E-state index is 2.37. The maximum atomic E-state index is 2.37. The van der Waals surface area contributed by atoms with Crippen LogP contribution in [0.2, 0.25) is 0 Å². The molecule has 0 heterocycles. The van der Waals surface area contributed by atoms with Gasteiger partial charge in [0.25, 0.3) is 0 Å². The standard InChI is InChI=1S/C9H16S/c1-8(2)10-9-6-4-3-5-7-9/h4,6,8-9H,3,5,7H2,1-2H3. The van der Waals surface area contributed by atoms with Gasteiger partial charge in [0.1, 0.15) is 0 Å². The Labute approximate surface area is 68.1 Å². The van der Waals surface area contributed by atoms with Crippen LogP contribution in [-0.4, -0.2) is 10.5 Å². The molecule has 1 heteroatoms. The molecule has 0 aromatic carbocycles. The Morgan fingerprint density at radius 3 is 2.80 bits per heavy atom. The van der Waals surface area contributed by atoms with E-state index in [2.05, 4.69) is 37.8 Å². The second-order valence-corrected chi connectivity index (χ2v) is 4.90. The monoisotopic (exact) mass is 156 g/mol. The highest BCUT2D eigenvalue weighted by Gasteiger charge is 2.09. The van der Waals surface area contributed by atoms with Crippen LogP contribution in [0.3, 0.4) is 0 Å². The van der Waals surface area contributed by atoms with Crippen LogP contribution >= 0.6 is 11.8 Å². The summed E-state index contributed by atoms with van der Waals surface area (Å²) >= 11 is 2.09. The maximum Gasteiger partial charge on any atom is 0.0229 e. The molecule has 0 radical (unpaired) electrons. The summed E-state index contributed by atoms with van der Waals surface area (Å²) in [6.45, 7) is 4.54. The predicted molar refractivity (Wildman–Crippen MR) is 49.5 cm³/mol. The Hall–Kier alpha value is 0.0900. The summed E-state index contributed by atoms with van der Waals surface area (Å²) < 4.78 is 0. The summed E-state index contributed by atoms with van der Waals surface area (Å²) in [5.74, 6) is 0. The lowest BCUT2D eigenvalue weighted by Crippen LogP contribution is -2.05. The fourth-order valence-corrected chi connectivity index (χ4v) is 2.45. The normalized spacial score (nSPS) is 25.7. The molecule has 0 fully saturated rings. The highest BCUT2D eigenvalue weighted by molar-refractivity contribution is 8.00. The molecular formula is C9H16S. The van der Waals surface area contributed by atoms with Gasteiger partial charge in [0.2, 0.25) is 0 Å². The van der Waals surface area contributed by atoms with Gasteiger partial charge in [-0.2, -0.15) is 11.8 Å². The summed E-state index contributed by atoms with van der Waals surface area (Å²) in [6.07, 6.45) is 8.77. The van der Waals surface area contributed by atoms with E-state index in [1.54, 1.807) is 0 Å². The molecular weight excluding hydrogens is 140 g/mol. The topological polar surface area (TPSA) is 0 Å². The molecule has 0 amide bonds. The zero-order valence-electron chi connectivity index (χ0n) is 6.84. The van der Waals surface area contributed by atoms with Gasteiger partial charge in [0.15, 0.2) is 0 Å². The zero-order valence-corrected chi connectivity index (χ0v) is 7.66. The molecule has 0 aromatic heterocycles. The Kier molecular flexibility index (Phi) is 3.33. The van der Waals surface area contributed by atoms with Crippen LogP contribution in [0.15, 0.2) is 12.2 Å². The fourth-order valence-electron chi connectivity index (χ4n) is 1.24. The van der Waals surface area contributed by atoms with Crippen LogP contribution in [0.4, 0.5) is 0 Å². The third-order valence-corrected chi connectivity index (χ3v) is 2.94. The first-order valence-electron chi connectivity index (χ1n) is 4.11. The summed E-state index contributed by atoms with van der Waals surface area (Å²) in [7, 11) is 0. The average Bonchev–Trinajstić information content (AvgIpc) is 1.88. The molecule has 0 aromatic rings. The van der Waals surface area contributed by atoms with E-state index >= 15 is 0 Å². The van der Waals surface area contributed by atoms with Crippen LogP contribution in [0.25, 0.3) is 0 Å². The molecule has 1 aliphatic rings. The van der Waals surface area contributed by atoms with Crippen molar-refractivity contribution in [2.75, 3.05) is 0 Å². The van der Waals surface area contributed by atoms with Crippen LogP contribution in [0, 0.1) is 0 Å². The van der Waals surface area contributed by atoms with Gasteiger partial charge in [-0.1, -0.05) is 26.0 Å². The Morgan fingerprint density at radius 1 is 1.50 bits per heavy atom. The van der Waals surface area contributed by atoms with Gasteiger partial charge in [0.05, 0.1) is 0 Å². The molecule has 0 nitrogen and oxygen atoms in total. The van der Waals surface area contributed by atoms with Crippen molar-refractivity contribution in [1.29, 1.82) is 0 Å². The van der Waals surface area contributed by atoms with Crippen LogP contribution in [0.1, 0.15) is 33.1 Å². The van der Waals surface area contributed by atoms with Gasteiger partial charge in [-0.05, 0) is 24.5 Å². The van der Waals surface area contributed by atoms with Crippen molar-refractivity contribution in [2.24, 2.45) is 0 Å². The third-order valence-electron chi connectivity index (χ3n) is 1.66. The van der Waals surface area contributed by atoms with Crippen molar-refractivity contribution in [3.05, 3.63) is 12.2 Å². The molecule has 0 bridgehead atoms. The number of allylic oxidation sites excluding steroid dienone is 1. The van der Waals surface area contributed by atoms with Gasteiger partial charge in [0, 0.05) is 5.25 Å². The minimum Gasteiger partial charge on any atom is -0.152 e. The fraction of sp³-hybridized carbons (Fsp3) is 0.778. The summed E-state index contributed by atoms with van der Waals surface area (Å²) in [4.78, 5) is 0. The van der Waals surface area contributed by atoms with Gasteiger partial charge in [-0.25, -0.2) is 0 Å². The highest BCUT2D eigenvalue weighted by Crippen LogP contribution is 2.26.